The van der Waals surface area contributed by atoms with Gasteiger partial charge in [0.05, 0.1) is 34.4 Å². The number of phosphoric acid groups is 1. The standard InChI is InChI=1S/C62H100NO7P/c1-6-8-10-12-14-16-18-20-22-24-26-28-30-31-32-34-36-38-40-42-44-46-48-50-52-54-57-67-59-61(60-69-71(65,66)68-58-56-63(3,4)5)70-62(64)55-53-51-49-47-45-43-41-39-37-35-33-29-27-25-23-21-19-17-15-13-11-9-7-2/h8-11,14-17,20-23,26-29,31-32,35-38,41-44,61H,6-7,12-13,18-19,24-25,30,33-34,39-40,45-60H2,1-5H3/p+1/b10-8-,11-9-,16-14-,17-15-,22-20-,23-21-,28-26-,29-27-,32-31-,37-35-,38-36-,43-41-,44-42-. The van der Waals surface area contributed by atoms with E-state index in [0.29, 0.717) is 17.6 Å². The number of carbonyl (C=O) groups is 1. The molecule has 0 rings (SSSR count). The van der Waals surface area contributed by atoms with E-state index in [1.165, 1.54) is 0 Å². The molecular formula is C62H101NO7P+. The van der Waals surface area contributed by atoms with Crippen LogP contribution in [0.15, 0.2) is 158 Å². The Kier molecular flexibility index (Phi) is 49.6. The lowest BCUT2D eigenvalue weighted by atomic mass is 10.1. The van der Waals surface area contributed by atoms with Gasteiger partial charge in [0.1, 0.15) is 19.3 Å². The molecule has 8 nitrogen and oxygen atoms in total. The molecule has 0 aromatic carbocycles. The largest absolute Gasteiger partial charge is 0.472 e. The lowest BCUT2D eigenvalue weighted by Gasteiger charge is -2.24. The van der Waals surface area contributed by atoms with Crippen LogP contribution in [0, 0.1) is 0 Å². The third kappa shape index (κ3) is 56.9. The maximum Gasteiger partial charge on any atom is 0.472 e. The molecule has 0 saturated carbocycles. The van der Waals surface area contributed by atoms with E-state index in [0.717, 1.165) is 148 Å². The number of ether oxygens (including phenoxy) is 2. The summed E-state index contributed by atoms with van der Waals surface area (Å²) in [6.07, 6.45) is 80.1. The second kappa shape index (κ2) is 52.4. The van der Waals surface area contributed by atoms with Gasteiger partial charge in [-0.1, -0.05) is 198 Å². The lowest BCUT2D eigenvalue weighted by Crippen LogP contribution is -2.37. The summed E-state index contributed by atoms with van der Waals surface area (Å²) < 4.78 is 35.1. The van der Waals surface area contributed by atoms with Crippen molar-refractivity contribution in [3.8, 4) is 0 Å². The van der Waals surface area contributed by atoms with Gasteiger partial charge >= 0.3 is 13.8 Å². The number of hydrogen-bond donors (Lipinski definition) is 1. The number of nitrogens with zero attached hydrogens (tertiary/aromatic N) is 1. The van der Waals surface area contributed by atoms with Crippen molar-refractivity contribution in [1.29, 1.82) is 0 Å². The van der Waals surface area contributed by atoms with E-state index in [2.05, 4.69) is 172 Å². The average Bonchev–Trinajstić information content (AvgIpc) is 3.33. The van der Waals surface area contributed by atoms with Crippen LogP contribution in [-0.2, 0) is 27.9 Å². The van der Waals surface area contributed by atoms with E-state index in [4.69, 9.17) is 18.5 Å². The second-order valence-corrected chi connectivity index (χ2v) is 19.9. The SMILES string of the molecule is CC/C=C\C/C=C\C/C=C\C/C=C\C/C=C\C/C=C\C/C=C\CCCCCCOCC(COP(=O)(O)OCC[N+](C)(C)C)OC(=O)CCCCCC/C=C\C/C=C\C/C=C\C/C=C\C/C=C\C/C=C\CC. The maximum atomic E-state index is 12.8. The van der Waals surface area contributed by atoms with Gasteiger partial charge in [-0.2, -0.15) is 0 Å². The van der Waals surface area contributed by atoms with Gasteiger partial charge in [0, 0.05) is 13.0 Å². The van der Waals surface area contributed by atoms with Gasteiger partial charge in [-0.3, -0.25) is 13.8 Å². The van der Waals surface area contributed by atoms with Crippen molar-refractivity contribution in [3.63, 3.8) is 0 Å². The molecule has 2 atom stereocenters. The van der Waals surface area contributed by atoms with E-state index in [-0.39, 0.29) is 32.2 Å². The summed E-state index contributed by atoms with van der Waals surface area (Å²) in [5.74, 6) is -0.355. The Morgan fingerprint density at radius 3 is 1.14 bits per heavy atom. The maximum absolute atomic E-state index is 12.8. The molecule has 0 amide bonds. The topological polar surface area (TPSA) is 91.3 Å². The Morgan fingerprint density at radius 2 is 0.775 bits per heavy atom. The van der Waals surface area contributed by atoms with E-state index < -0.39 is 13.9 Å². The van der Waals surface area contributed by atoms with Gasteiger partial charge in [0.2, 0.25) is 0 Å². The molecule has 400 valence electrons. The molecule has 0 aliphatic rings. The summed E-state index contributed by atoms with van der Waals surface area (Å²) in [5.41, 5.74) is 0. The fraction of sp³-hybridized carbons (Fsp3) is 0.565. The fourth-order valence-corrected chi connectivity index (χ4v) is 7.22. The molecule has 2 unspecified atom stereocenters. The second-order valence-electron chi connectivity index (χ2n) is 18.5. The highest BCUT2D eigenvalue weighted by Gasteiger charge is 2.26. The third-order valence-corrected chi connectivity index (χ3v) is 11.6. The first kappa shape index (κ1) is 67.1. The van der Waals surface area contributed by atoms with Crippen molar-refractivity contribution < 1.29 is 37.3 Å². The van der Waals surface area contributed by atoms with Crippen molar-refractivity contribution in [1.82, 2.24) is 0 Å². The minimum atomic E-state index is -4.31. The monoisotopic (exact) mass is 1000 g/mol. The minimum Gasteiger partial charge on any atom is -0.457 e. The van der Waals surface area contributed by atoms with Crippen LogP contribution in [0.2, 0.25) is 0 Å². The first-order chi connectivity index (χ1) is 34.6. The van der Waals surface area contributed by atoms with Gasteiger partial charge < -0.3 is 18.9 Å². The van der Waals surface area contributed by atoms with Crippen molar-refractivity contribution >= 4 is 13.8 Å². The Bertz CT molecular complexity index is 1680. The quantitative estimate of drug-likeness (QED) is 0.0213. The summed E-state index contributed by atoms with van der Waals surface area (Å²) in [7, 11) is 1.60. The molecule has 0 aliphatic heterocycles. The molecular weight excluding hydrogens is 902 g/mol. The van der Waals surface area contributed by atoms with Gasteiger partial charge in [0.15, 0.2) is 0 Å². The van der Waals surface area contributed by atoms with Crippen LogP contribution in [-0.4, -0.2) is 75.6 Å². The fourth-order valence-electron chi connectivity index (χ4n) is 6.48. The van der Waals surface area contributed by atoms with Gasteiger partial charge in [-0.15, -0.1) is 0 Å². The number of carbonyl (C=O) groups excluding carboxylic acids is 1. The molecule has 0 spiro atoms. The summed E-state index contributed by atoms with van der Waals surface area (Å²) >= 11 is 0. The first-order valence-corrected chi connectivity index (χ1v) is 28.7. The molecule has 71 heavy (non-hydrogen) atoms. The molecule has 0 aromatic rings. The summed E-state index contributed by atoms with van der Waals surface area (Å²) in [6, 6.07) is 0. The van der Waals surface area contributed by atoms with Gasteiger partial charge in [-0.25, -0.2) is 4.57 Å². The highest BCUT2D eigenvalue weighted by atomic mass is 31.2. The van der Waals surface area contributed by atoms with Gasteiger partial charge in [-0.05, 0) is 122 Å². The van der Waals surface area contributed by atoms with E-state index >= 15 is 0 Å². The van der Waals surface area contributed by atoms with Crippen LogP contribution >= 0.6 is 7.82 Å². The van der Waals surface area contributed by atoms with Crippen LogP contribution in [0.4, 0.5) is 0 Å². The molecule has 0 fully saturated rings. The van der Waals surface area contributed by atoms with Crippen molar-refractivity contribution in [2.45, 2.75) is 174 Å². The molecule has 1 N–H and O–H groups in total. The van der Waals surface area contributed by atoms with Crippen LogP contribution in [0.25, 0.3) is 0 Å². The molecule has 0 radical (unpaired) electrons. The lowest BCUT2D eigenvalue weighted by molar-refractivity contribution is -0.870. The summed E-state index contributed by atoms with van der Waals surface area (Å²) in [5, 5.41) is 0. The molecule has 0 saturated heterocycles. The van der Waals surface area contributed by atoms with Gasteiger partial charge in [0.25, 0.3) is 0 Å². The predicted molar refractivity (Wildman–Crippen MR) is 306 cm³/mol. The number of allylic oxidation sites excluding steroid dienone is 26. The van der Waals surface area contributed by atoms with E-state index in [1.54, 1.807) is 0 Å². The number of phosphoric ester groups is 1. The number of quaternary nitrogens is 1. The Hall–Kier alpha value is -3.88. The molecule has 0 bridgehead atoms. The Morgan fingerprint density at radius 1 is 0.437 bits per heavy atom. The number of unbranched alkanes of at least 4 members (excludes halogenated alkanes) is 8. The molecule has 0 heterocycles. The average molecular weight is 1000 g/mol. The zero-order valence-corrected chi connectivity index (χ0v) is 46.3. The highest BCUT2D eigenvalue weighted by molar-refractivity contribution is 7.47. The van der Waals surface area contributed by atoms with Crippen LogP contribution in [0.3, 0.4) is 0 Å². The summed E-state index contributed by atoms with van der Waals surface area (Å²) in [4.78, 5) is 23.1. The van der Waals surface area contributed by atoms with Crippen molar-refractivity contribution in [3.05, 3.63) is 158 Å². The van der Waals surface area contributed by atoms with Crippen molar-refractivity contribution in [2.24, 2.45) is 0 Å². The van der Waals surface area contributed by atoms with Crippen LogP contribution in [0.1, 0.15) is 168 Å². The van der Waals surface area contributed by atoms with E-state index in [9.17, 15) is 14.3 Å². The minimum absolute atomic E-state index is 0.0671. The Balaban J connectivity index is 4.30. The number of hydrogen-bond acceptors (Lipinski definition) is 6. The zero-order valence-electron chi connectivity index (χ0n) is 45.4. The normalized spacial score (nSPS) is 14.7. The summed E-state index contributed by atoms with van der Waals surface area (Å²) in [6.45, 7) is 5.25. The number of likely N-dealkylation sites (N-methyl/N-ethyl adjacent to an activating group) is 1. The third-order valence-electron chi connectivity index (χ3n) is 10.6. The predicted octanol–water partition coefficient (Wildman–Crippen LogP) is 17.4. The Labute approximate surface area is 435 Å². The zero-order chi connectivity index (χ0) is 51.9. The molecule has 0 aliphatic carbocycles. The van der Waals surface area contributed by atoms with Crippen LogP contribution in [0.5, 0.6) is 0 Å². The molecule has 9 heteroatoms. The number of rotatable bonds is 48. The van der Waals surface area contributed by atoms with E-state index in [1.807, 2.05) is 21.1 Å². The van der Waals surface area contributed by atoms with Crippen molar-refractivity contribution in [2.75, 3.05) is 54.1 Å². The smallest absolute Gasteiger partial charge is 0.457 e. The number of esters is 1. The molecule has 0 aromatic heterocycles. The van der Waals surface area contributed by atoms with Crippen LogP contribution < -0.4 is 0 Å². The highest BCUT2D eigenvalue weighted by Crippen LogP contribution is 2.43. The first-order valence-electron chi connectivity index (χ1n) is 27.2.